The van der Waals surface area contributed by atoms with Gasteiger partial charge in [0.1, 0.15) is 0 Å². The van der Waals surface area contributed by atoms with Gasteiger partial charge < -0.3 is 26.2 Å². The van der Waals surface area contributed by atoms with Gasteiger partial charge in [0.05, 0.1) is 0 Å². The molecule has 7 heteroatoms. The van der Waals surface area contributed by atoms with E-state index in [1.54, 1.807) is 0 Å². The van der Waals surface area contributed by atoms with Crippen molar-refractivity contribution >= 4 is 16.6 Å². The van der Waals surface area contributed by atoms with E-state index in [2.05, 4.69) is 36.8 Å². The van der Waals surface area contributed by atoms with Gasteiger partial charge in [0.2, 0.25) is 0 Å². The third-order valence-electron chi connectivity index (χ3n) is 2.30. The van der Waals surface area contributed by atoms with Crippen LogP contribution in [0.4, 0.5) is 0 Å². The van der Waals surface area contributed by atoms with Crippen LogP contribution < -0.4 is 22.1 Å². The lowest BCUT2D eigenvalue weighted by Gasteiger charge is -2.34. The second-order valence-corrected chi connectivity index (χ2v) is 14.1. The highest BCUT2D eigenvalue weighted by molar-refractivity contribution is 6.85. The van der Waals surface area contributed by atoms with Gasteiger partial charge in [-0.05, 0) is 26.2 Å². The highest BCUT2D eigenvalue weighted by Crippen LogP contribution is 2.12. The fourth-order valence-electron chi connectivity index (χ4n) is 1.80. The summed E-state index contributed by atoms with van der Waals surface area (Å²) >= 11 is 0. The highest BCUT2D eigenvalue weighted by atomic mass is 28.4. The summed E-state index contributed by atoms with van der Waals surface area (Å²) in [5.41, 5.74) is 10.9. The molecule has 0 saturated carbocycles. The zero-order valence-electron chi connectivity index (χ0n) is 11.8. The van der Waals surface area contributed by atoms with Crippen LogP contribution >= 0.6 is 0 Å². The van der Waals surface area contributed by atoms with E-state index in [0.29, 0.717) is 13.1 Å². The van der Waals surface area contributed by atoms with Gasteiger partial charge in [-0.15, -0.1) is 0 Å². The lowest BCUT2D eigenvalue weighted by atomic mass is 10.7. The van der Waals surface area contributed by atoms with Crippen LogP contribution in [0.25, 0.3) is 0 Å². The molecule has 0 atom stereocenters. The summed E-state index contributed by atoms with van der Waals surface area (Å²) in [7, 11) is -3.22. The SMILES string of the molecule is C[Si](C)(CNCCN)O[Si](C)(C)CNCCN. The average molecular weight is 279 g/mol. The Kier molecular flexibility index (Phi) is 8.47. The third-order valence-corrected chi connectivity index (χ3v) is 8.92. The summed E-state index contributed by atoms with van der Waals surface area (Å²) in [5, 5.41) is 6.72. The number of hydrogen-bond donors (Lipinski definition) is 4. The summed E-state index contributed by atoms with van der Waals surface area (Å²) in [6, 6.07) is 0. The van der Waals surface area contributed by atoms with E-state index in [4.69, 9.17) is 15.6 Å². The predicted molar refractivity (Wildman–Crippen MR) is 79.9 cm³/mol. The summed E-state index contributed by atoms with van der Waals surface area (Å²) in [6.45, 7) is 12.1. The van der Waals surface area contributed by atoms with Crippen molar-refractivity contribution < 1.29 is 4.12 Å². The zero-order chi connectivity index (χ0) is 13.4. The largest absolute Gasteiger partial charge is 0.454 e. The molecule has 104 valence electrons. The van der Waals surface area contributed by atoms with Crippen molar-refractivity contribution in [2.45, 2.75) is 26.2 Å². The molecule has 0 aliphatic rings. The Labute approximate surface area is 108 Å². The molecule has 0 aromatic carbocycles. The Balaban J connectivity index is 3.99. The van der Waals surface area contributed by atoms with Crippen LogP contribution in [0.1, 0.15) is 0 Å². The molecule has 6 N–H and O–H groups in total. The van der Waals surface area contributed by atoms with Gasteiger partial charge >= 0.3 is 0 Å². The number of nitrogens with one attached hydrogen (secondary N) is 2. The molecule has 0 heterocycles. The van der Waals surface area contributed by atoms with E-state index in [-0.39, 0.29) is 0 Å². The van der Waals surface area contributed by atoms with Gasteiger partial charge in [0.25, 0.3) is 0 Å². The highest BCUT2D eigenvalue weighted by Gasteiger charge is 2.32. The Hall–Kier alpha value is 0.234. The van der Waals surface area contributed by atoms with Crippen LogP contribution in [0.3, 0.4) is 0 Å². The smallest absolute Gasteiger partial charge is 0.187 e. The number of hydrogen-bond acceptors (Lipinski definition) is 5. The predicted octanol–water partition coefficient (Wildman–Crippen LogP) is -0.412. The second-order valence-electron chi connectivity index (χ2n) is 5.55. The van der Waals surface area contributed by atoms with Crippen molar-refractivity contribution in [3.63, 3.8) is 0 Å². The van der Waals surface area contributed by atoms with Gasteiger partial charge in [0, 0.05) is 38.5 Å². The molecule has 0 unspecified atom stereocenters. The summed E-state index contributed by atoms with van der Waals surface area (Å²) in [5.74, 6) is 0. The molecule has 0 saturated heterocycles. The molecule has 5 nitrogen and oxygen atoms in total. The maximum Gasteiger partial charge on any atom is 0.187 e. The Morgan fingerprint density at radius 1 is 0.824 bits per heavy atom. The number of rotatable bonds is 10. The molecular formula is C10H30N4OSi2. The first-order chi connectivity index (χ1) is 7.83. The fourth-order valence-corrected chi connectivity index (χ4v) is 9.92. The van der Waals surface area contributed by atoms with Gasteiger partial charge in [-0.2, -0.15) is 0 Å². The summed E-state index contributed by atoms with van der Waals surface area (Å²) in [4.78, 5) is 0. The standard InChI is InChI=1S/C10H30N4OSi2/c1-16(2,9-13-7-5-11)15-17(3,4)10-14-8-6-12/h13-14H,5-12H2,1-4H3. The van der Waals surface area contributed by atoms with Crippen molar-refractivity contribution in [2.24, 2.45) is 11.5 Å². The van der Waals surface area contributed by atoms with Crippen molar-refractivity contribution in [3.05, 3.63) is 0 Å². The minimum atomic E-state index is -1.61. The lowest BCUT2D eigenvalue weighted by Crippen LogP contribution is -2.55. The van der Waals surface area contributed by atoms with Crippen LogP contribution in [0.2, 0.25) is 26.2 Å². The molecule has 0 aromatic rings. The quantitative estimate of drug-likeness (QED) is 0.322. The van der Waals surface area contributed by atoms with Crippen LogP contribution in [0.15, 0.2) is 0 Å². The minimum Gasteiger partial charge on any atom is -0.454 e. The Bertz CT molecular complexity index is 183. The lowest BCUT2D eigenvalue weighted by molar-refractivity contribution is 0.520. The molecule has 0 amide bonds. The van der Waals surface area contributed by atoms with Crippen LogP contribution in [0, 0.1) is 0 Å². The average Bonchev–Trinajstić information content (AvgIpc) is 2.16. The molecule has 0 aliphatic heterocycles. The van der Waals surface area contributed by atoms with Gasteiger partial charge in [-0.1, -0.05) is 0 Å². The normalized spacial score (nSPS) is 13.1. The Morgan fingerprint density at radius 3 is 1.47 bits per heavy atom. The van der Waals surface area contributed by atoms with E-state index in [1.165, 1.54) is 0 Å². The van der Waals surface area contributed by atoms with Crippen molar-refractivity contribution in [1.82, 2.24) is 10.6 Å². The van der Waals surface area contributed by atoms with E-state index >= 15 is 0 Å². The van der Waals surface area contributed by atoms with E-state index in [0.717, 1.165) is 25.4 Å². The topological polar surface area (TPSA) is 85.3 Å². The molecular weight excluding hydrogens is 248 g/mol. The summed E-state index contributed by atoms with van der Waals surface area (Å²) in [6.07, 6.45) is 1.94. The van der Waals surface area contributed by atoms with E-state index in [1.807, 2.05) is 0 Å². The van der Waals surface area contributed by atoms with E-state index in [9.17, 15) is 0 Å². The van der Waals surface area contributed by atoms with Gasteiger partial charge in [-0.3, -0.25) is 0 Å². The first-order valence-corrected chi connectivity index (χ1v) is 12.6. The monoisotopic (exact) mass is 278 g/mol. The molecule has 0 radical (unpaired) electrons. The molecule has 0 aliphatic carbocycles. The molecule has 0 fully saturated rings. The van der Waals surface area contributed by atoms with Crippen molar-refractivity contribution in [3.8, 4) is 0 Å². The zero-order valence-corrected chi connectivity index (χ0v) is 13.8. The summed E-state index contributed by atoms with van der Waals surface area (Å²) < 4.78 is 6.39. The van der Waals surface area contributed by atoms with Gasteiger partial charge in [-0.25, -0.2) is 0 Å². The molecule has 0 spiro atoms. The van der Waals surface area contributed by atoms with Crippen LogP contribution in [0.5, 0.6) is 0 Å². The Morgan fingerprint density at radius 2 is 1.18 bits per heavy atom. The second kappa shape index (κ2) is 8.36. The van der Waals surface area contributed by atoms with Gasteiger partial charge in [0.15, 0.2) is 16.6 Å². The minimum absolute atomic E-state index is 0.684. The van der Waals surface area contributed by atoms with Crippen LogP contribution in [-0.2, 0) is 4.12 Å². The third kappa shape index (κ3) is 9.89. The van der Waals surface area contributed by atoms with E-state index < -0.39 is 16.6 Å². The first kappa shape index (κ1) is 17.2. The molecule has 0 rings (SSSR count). The molecule has 0 bridgehead atoms. The maximum absolute atomic E-state index is 6.39. The first-order valence-electron chi connectivity index (χ1n) is 6.35. The fraction of sp³-hybridized carbons (Fsp3) is 1.00. The van der Waals surface area contributed by atoms with Crippen molar-refractivity contribution in [2.75, 3.05) is 38.5 Å². The number of nitrogens with two attached hydrogens (primary N) is 2. The van der Waals surface area contributed by atoms with Crippen LogP contribution in [-0.4, -0.2) is 55.1 Å². The molecule has 17 heavy (non-hydrogen) atoms. The molecule has 0 aromatic heterocycles. The maximum atomic E-state index is 6.39. The van der Waals surface area contributed by atoms with Crippen molar-refractivity contribution in [1.29, 1.82) is 0 Å².